The largest absolute Gasteiger partial charge is 0.488 e. The van der Waals surface area contributed by atoms with E-state index in [4.69, 9.17) is 21.6 Å². The molecule has 0 saturated heterocycles. The van der Waals surface area contributed by atoms with Gasteiger partial charge in [0.2, 0.25) is 0 Å². The molecule has 6 heteroatoms. The average Bonchev–Trinajstić information content (AvgIpc) is 2.47. The third-order valence-corrected chi connectivity index (χ3v) is 3.04. The first kappa shape index (κ1) is 14.4. The topological polar surface area (TPSA) is 73.5 Å². The second-order valence-corrected chi connectivity index (χ2v) is 4.37. The van der Waals surface area contributed by atoms with Crippen molar-refractivity contribution in [2.24, 2.45) is 0 Å². The second kappa shape index (κ2) is 6.44. The van der Waals surface area contributed by atoms with E-state index >= 15 is 0 Å². The van der Waals surface area contributed by atoms with E-state index in [1.165, 1.54) is 0 Å². The fourth-order valence-corrected chi connectivity index (χ4v) is 1.98. The normalized spacial score (nSPS) is 9.90. The van der Waals surface area contributed by atoms with Gasteiger partial charge in [-0.2, -0.15) is 5.26 Å². The van der Waals surface area contributed by atoms with Crippen molar-refractivity contribution in [2.45, 2.75) is 5.88 Å². The Morgan fingerprint density at radius 1 is 1.10 bits per heavy atom. The number of rotatable bonds is 4. The van der Waals surface area contributed by atoms with Crippen LogP contribution in [0.5, 0.6) is 11.5 Å². The van der Waals surface area contributed by atoms with E-state index in [2.05, 4.69) is 0 Å². The summed E-state index contributed by atoms with van der Waals surface area (Å²) in [6, 6.07) is 13.6. The van der Waals surface area contributed by atoms with E-state index < -0.39 is 7.12 Å². The zero-order valence-electron chi connectivity index (χ0n) is 10.5. The minimum Gasteiger partial charge on any atom is -0.457 e. The predicted octanol–water partition coefficient (Wildman–Crippen LogP) is 1.77. The van der Waals surface area contributed by atoms with Crippen LogP contribution in [0.1, 0.15) is 11.1 Å². The summed E-state index contributed by atoms with van der Waals surface area (Å²) in [5.74, 6) is 1.27. The Balaban J connectivity index is 2.23. The van der Waals surface area contributed by atoms with Gasteiger partial charge in [-0.25, -0.2) is 0 Å². The lowest BCUT2D eigenvalue weighted by Gasteiger charge is -2.10. The molecule has 0 aliphatic heterocycles. The molecule has 0 aromatic heterocycles. The molecule has 0 aliphatic carbocycles. The molecule has 0 amide bonds. The smallest absolute Gasteiger partial charge is 0.457 e. The molecule has 100 valence electrons. The van der Waals surface area contributed by atoms with Crippen molar-refractivity contribution in [1.29, 1.82) is 5.26 Å². The molecule has 0 spiro atoms. The third kappa shape index (κ3) is 3.31. The first-order chi connectivity index (χ1) is 9.63. The van der Waals surface area contributed by atoms with Crippen molar-refractivity contribution < 1.29 is 14.8 Å². The first-order valence-electron chi connectivity index (χ1n) is 5.87. The number of halogens is 1. The average molecular weight is 288 g/mol. The van der Waals surface area contributed by atoms with E-state index in [9.17, 15) is 10.0 Å². The van der Waals surface area contributed by atoms with Gasteiger partial charge in [0.25, 0.3) is 0 Å². The Bertz CT molecular complexity index is 638. The molecule has 0 unspecified atom stereocenters. The molecule has 0 saturated carbocycles. The summed E-state index contributed by atoms with van der Waals surface area (Å²) >= 11 is 5.78. The molecule has 0 heterocycles. The molecule has 2 rings (SSSR count). The summed E-state index contributed by atoms with van der Waals surface area (Å²) in [5, 5.41) is 27.1. The van der Waals surface area contributed by atoms with Gasteiger partial charge in [-0.1, -0.05) is 6.07 Å². The lowest BCUT2D eigenvalue weighted by Crippen LogP contribution is -2.32. The number of alkyl halides is 1. The quantitative estimate of drug-likeness (QED) is 0.664. The second-order valence-electron chi connectivity index (χ2n) is 4.11. The van der Waals surface area contributed by atoms with E-state index in [1.54, 1.807) is 42.5 Å². The Kier molecular flexibility index (Phi) is 4.64. The summed E-state index contributed by atoms with van der Waals surface area (Å²) in [7, 11) is -1.56. The van der Waals surface area contributed by atoms with Crippen LogP contribution in [0.2, 0.25) is 0 Å². The van der Waals surface area contributed by atoms with Crippen LogP contribution in [-0.4, -0.2) is 17.2 Å². The Labute approximate surface area is 122 Å². The Morgan fingerprint density at radius 3 is 2.30 bits per heavy atom. The van der Waals surface area contributed by atoms with Crippen LogP contribution in [-0.2, 0) is 5.88 Å². The van der Waals surface area contributed by atoms with Gasteiger partial charge < -0.3 is 14.8 Å². The van der Waals surface area contributed by atoms with Crippen molar-refractivity contribution in [3.05, 3.63) is 53.6 Å². The van der Waals surface area contributed by atoms with Crippen molar-refractivity contribution >= 4 is 24.2 Å². The number of hydrogen-bond acceptors (Lipinski definition) is 4. The molecule has 0 radical (unpaired) electrons. The molecule has 0 bridgehead atoms. The number of hydrogen-bond donors (Lipinski definition) is 2. The summed E-state index contributed by atoms with van der Waals surface area (Å²) in [6.45, 7) is 0. The number of nitriles is 1. The molecular formula is C14H11BClNO3. The highest BCUT2D eigenvalue weighted by Gasteiger charge is 2.16. The maximum absolute atomic E-state index is 9.20. The van der Waals surface area contributed by atoms with Crippen molar-refractivity contribution in [2.75, 3.05) is 0 Å². The Hall–Kier alpha value is -2.00. The van der Waals surface area contributed by atoms with E-state index in [0.717, 1.165) is 0 Å². The lowest BCUT2D eigenvalue weighted by molar-refractivity contribution is 0.425. The zero-order chi connectivity index (χ0) is 14.5. The van der Waals surface area contributed by atoms with Gasteiger partial charge in [-0.3, -0.25) is 0 Å². The van der Waals surface area contributed by atoms with Gasteiger partial charge in [-0.15, -0.1) is 11.6 Å². The van der Waals surface area contributed by atoms with E-state index in [0.29, 0.717) is 28.1 Å². The SMILES string of the molecule is N#Cc1ccc(Oc2ccc(B(O)O)c(CCl)c2)cc1. The highest BCUT2D eigenvalue weighted by molar-refractivity contribution is 6.59. The highest BCUT2D eigenvalue weighted by Crippen LogP contribution is 2.22. The summed E-state index contributed by atoms with van der Waals surface area (Å²) in [4.78, 5) is 0. The van der Waals surface area contributed by atoms with Gasteiger partial charge in [0.15, 0.2) is 0 Å². The predicted molar refractivity (Wildman–Crippen MR) is 77.1 cm³/mol. The molecular weight excluding hydrogens is 276 g/mol. The highest BCUT2D eigenvalue weighted by atomic mass is 35.5. The number of ether oxygens (including phenoxy) is 1. The van der Waals surface area contributed by atoms with E-state index in [-0.39, 0.29) is 5.88 Å². The maximum atomic E-state index is 9.20. The maximum Gasteiger partial charge on any atom is 0.488 e. The van der Waals surface area contributed by atoms with Crippen molar-refractivity contribution in [1.82, 2.24) is 0 Å². The molecule has 2 N–H and O–H groups in total. The zero-order valence-corrected chi connectivity index (χ0v) is 11.2. The van der Waals surface area contributed by atoms with Gasteiger partial charge >= 0.3 is 7.12 Å². The molecule has 0 atom stereocenters. The molecule has 20 heavy (non-hydrogen) atoms. The minimum atomic E-state index is -1.56. The van der Waals surface area contributed by atoms with Crippen LogP contribution >= 0.6 is 11.6 Å². The van der Waals surface area contributed by atoms with Crippen LogP contribution in [0.15, 0.2) is 42.5 Å². The van der Waals surface area contributed by atoms with Gasteiger partial charge in [-0.05, 0) is 47.4 Å². The minimum absolute atomic E-state index is 0.150. The standard InChI is InChI=1S/C14H11BClNO3/c16-8-11-7-13(5-6-14(11)15(18)19)20-12-3-1-10(9-17)2-4-12/h1-7,18-19H,8H2. The molecule has 2 aromatic rings. The third-order valence-electron chi connectivity index (χ3n) is 2.76. The van der Waals surface area contributed by atoms with Crippen LogP contribution in [0, 0.1) is 11.3 Å². The summed E-state index contributed by atoms with van der Waals surface area (Å²) in [6.07, 6.45) is 0. The van der Waals surface area contributed by atoms with Crippen LogP contribution < -0.4 is 10.2 Å². The van der Waals surface area contributed by atoms with Gasteiger partial charge in [0, 0.05) is 5.88 Å². The fraction of sp³-hybridized carbons (Fsp3) is 0.0714. The first-order valence-corrected chi connectivity index (χ1v) is 6.40. The van der Waals surface area contributed by atoms with Crippen LogP contribution in [0.25, 0.3) is 0 Å². The number of nitrogens with zero attached hydrogens (tertiary/aromatic N) is 1. The monoisotopic (exact) mass is 287 g/mol. The van der Waals surface area contributed by atoms with E-state index in [1.807, 2.05) is 6.07 Å². The van der Waals surface area contributed by atoms with Crippen molar-refractivity contribution in [3.8, 4) is 17.6 Å². The molecule has 4 nitrogen and oxygen atoms in total. The van der Waals surface area contributed by atoms with Crippen molar-refractivity contribution in [3.63, 3.8) is 0 Å². The summed E-state index contributed by atoms with van der Waals surface area (Å²) in [5.41, 5.74) is 1.50. The van der Waals surface area contributed by atoms with Crippen LogP contribution in [0.4, 0.5) is 0 Å². The molecule has 0 aliphatic rings. The number of benzene rings is 2. The summed E-state index contributed by atoms with van der Waals surface area (Å²) < 4.78 is 5.62. The fourth-order valence-electron chi connectivity index (χ4n) is 1.75. The van der Waals surface area contributed by atoms with Gasteiger partial charge in [0.05, 0.1) is 11.6 Å². The van der Waals surface area contributed by atoms with Gasteiger partial charge in [0.1, 0.15) is 11.5 Å². The lowest BCUT2D eigenvalue weighted by atomic mass is 9.77. The molecule has 0 fully saturated rings. The Morgan fingerprint density at radius 2 is 1.75 bits per heavy atom. The molecule has 2 aromatic carbocycles. The van der Waals surface area contributed by atoms with Crippen LogP contribution in [0.3, 0.4) is 0 Å².